The number of fused-ring (bicyclic) bond motifs is 1. The van der Waals surface area contributed by atoms with Crippen LogP contribution in [-0.4, -0.2) is 47.1 Å². The summed E-state index contributed by atoms with van der Waals surface area (Å²) in [5.74, 6) is -1.33. The first-order valence-electron chi connectivity index (χ1n) is 11.0. The Hall–Kier alpha value is -3.77. The first-order chi connectivity index (χ1) is 16.6. The maximum absolute atomic E-state index is 13.1. The Bertz CT molecular complexity index is 1420. The molecule has 1 fully saturated rings. The lowest BCUT2D eigenvalue weighted by Crippen LogP contribution is -2.48. The van der Waals surface area contributed by atoms with Gasteiger partial charge in [-0.1, -0.05) is 24.3 Å². The maximum atomic E-state index is 13.1. The van der Waals surface area contributed by atoms with Crippen LogP contribution in [0.5, 0.6) is 0 Å². The van der Waals surface area contributed by atoms with Gasteiger partial charge in [-0.2, -0.15) is 4.31 Å². The second-order valence-corrected chi connectivity index (χ2v) is 10.4. The Morgan fingerprint density at radius 1 is 1.09 bits per heavy atom. The highest BCUT2D eigenvalue weighted by molar-refractivity contribution is 7.89. The molecule has 12 heteroatoms. The predicted molar refractivity (Wildman–Crippen MR) is 128 cm³/mol. The first kappa shape index (κ1) is 24.4. The summed E-state index contributed by atoms with van der Waals surface area (Å²) < 4.78 is 29.2. The van der Waals surface area contributed by atoms with Crippen LogP contribution in [0.25, 0.3) is 10.9 Å². The van der Waals surface area contributed by atoms with Crippen LogP contribution < -0.4 is 10.9 Å². The summed E-state index contributed by atoms with van der Waals surface area (Å²) in [4.78, 5) is 35.6. The standard InChI is InChI=1S/C23H25N5O6S/c1-15-7-8-17(28(31)32)13-21(15)35(33,34)27-11-9-16(10-12-27)22(29)24-25-23(30)19-14-26(2)20-6-4-3-5-18(19)20/h3-8,13-14,16H,9-12H2,1-2H3,(H,24,29)(H,25,30). The molecule has 4 rings (SSSR count). The lowest BCUT2D eigenvalue weighted by molar-refractivity contribution is -0.385. The third kappa shape index (κ3) is 4.75. The van der Waals surface area contributed by atoms with E-state index in [2.05, 4.69) is 10.9 Å². The monoisotopic (exact) mass is 499 g/mol. The number of sulfonamides is 1. The molecule has 2 heterocycles. The number of benzene rings is 2. The number of carbonyl (C=O) groups excluding carboxylic acids is 2. The van der Waals surface area contributed by atoms with Crippen molar-refractivity contribution in [2.45, 2.75) is 24.7 Å². The molecule has 35 heavy (non-hydrogen) atoms. The van der Waals surface area contributed by atoms with E-state index in [1.165, 1.54) is 16.4 Å². The molecular weight excluding hydrogens is 474 g/mol. The van der Waals surface area contributed by atoms with Crippen molar-refractivity contribution in [1.82, 2.24) is 19.7 Å². The molecule has 3 aromatic rings. The molecule has 1 aliphatic rings. The number of hydrogen-bond acceptors (Lipinski definition) is 6. The van der Waals surface area contributed by atoms with Gasteiger partial charge in [0.2, 0.25) is 15.9 Å². The Balaban J connectivity index is 1.37. The number of para-hydroxylation sites is 1. The molecule has 2 aromatic carbocycles. The normalized spacial score (nSPS) is 15.1. The largest absolute Gasteiger partial charge is 0.350 e. The summed E-state index contributed by atoms with van der Waals surface area (Å²) in [6.45, 7) is 1.75. The van der Waals surface area contributed by atoms with Crippen molar-refractivity contribution in [2.75, 3.05) is 13.1 Å². The molecule has 0 bridgehead atoms. The van der Waals surface area contributed by atoms with E-state index in [9.17, 15) is 28.1 Å². The average Bonchev–Trinajstić information content (AvgIpc) is 3.19. The minimum absolute atomic E-state index is 0.0832. The topological polar surface area (TPSA) is 144 Å². The summed E-state index contributed by atoms with van der Waals surface area (Å²) in [5.41, 5.74) is 6.32. The van der Waals surface area contributed by atoms with Crippen molar-refractivity contribution >= 4 is 38.4 Å². The lowest BCUT2D eigenvalue weighted by Gasteiger charge is -2.30. The minimum atomic E-state index is -3.95. The van der Waals surface area contributed by atoms with Gasteiger partial charge < -0.3 is 4.57 Å². The van der Waals surface area contributed by atoms with Crippen molar-refractivity contribution in [3.63, 3.8) is 0 Å². The van der Waals surface area contributed by atoms with Gasteiger partial charge in [-0.05, 0) is 31.4 Å². The minimum Gasteiger partial charge on any atom is -0.350 e. The molecular formula is C23H25N5O6S. The number of rotatable bonds is 5. The molecule has 0 aliphatic carbocycles. The molecule has 0 saturated carbocycles. The van der Waals surface area contributed by atoms with E-state index in [1.54, 1.807) is 13.1 Å². The van der Waals surface area contributed by atoms with Crippen molar-refractivity contribution in [3.05, 3.63) is 69.9 Å². The SMILES string of the molecule is Cc1ccc([N+](=O)[O-])cc1S(=O)(=O)N1CCC(C(=O)NNC(=O)c2cn(C)c3ccccc23)CC1. The van der Waals surface area contributed by atoms with Crippen LogP contribution >= 0.6 is 0 Å². The van der Waals surface area contributed by atoms with Crippen molar-refractivity contribution in [3.8, 4) is 0 Å². The van der Waals surface area contributed by atoms with Crippen LogP contribution in [0.3, 0.4) is 0 Å². The number of carbonyl (C=O) groups is 2. The highest BCUT2D eigenvalue weighted by Crippen LogP contribution is 2.28. The summed E-state index contributed by atoms with van der Waals surface area (Å²) in [5, 5.41) is 11.8. The third-order valence-corrected chi connectivity index (χ3v) is 8.31. The number of piperidine rings is 1. The highest BCUT2D eigenvalue weighted by atomic mass is 32.2. The van der Waals surface area contributed by atoms with E-state index in [1.807, 2.05) is 35.9 Å². The summed E-state index contributed by atoms with van der Waals surface area (Å²) in [7, 11) is -2.12. The maximum Gasteiger partial charge on any atom is 0.271 e. The second kappa shape index (κ2) is 9.47. The molecule has 0 radical (unpaired) electrons. The molecule has 1 aliphatic heterocycles. The molecule has 11 nitrogen and oxygen atoms in total. The molecule has 0 spiro atoms. The van der Waals surface area contributed by atoms with E-state index in [4.69, 9.17) is 0 Å². The van der Waals surface area contributed by atoms with Crippen LogP contribution in [0.2, 0.25) is 0 Å². The number of aromatic nitrogens is 1. The smallest absolute Gasteiger partial charge is 0.271 e. The highest BCUT2D eigenvalue weighted by Gasteiger charge is 2.33. The zero-order valence-corrected chi connectivity index (χ0v) is 20.0. The predicted octanol–water partition coefficient (Wildman–Crippen LogP) is 2.26. The number of aryl methyl sites for hydroxylation is 2. The van der Waals surface area contributed by atoms with Gasteiger partial charge in [0.25, 0.3) is 11.6 Å². The summed E-state index contributed by atoms with van der Waals surface area (Å²) >= 11 is 0. The van der Waals surface area contributed by atoms with E-state index in [0.29, 0.717) is 11.1 Å². The number of nitrogens with one attached hydrogen (secondary N) is 2. The Kier molecular flexibility index (Phi) is 6.59. The van der Waals surface area contributed by atoms with Crippen molar-refractivity contribution in [2.24, 2.45) is 13.0 Å². The summed E-state index contributed by atoms with van der Waals surface area (Å²) in [6, 6.07) is 11.1. The van der Waals surface area contributed by atoms with Gasteiger partial charge >= 0.3 is 0 Å². The van der Waals surface area contributed by atoms with Gasteiger partial charge in [0, 0.05) is 55.3 Å². The quantitative estimate of drug-likeness (QED) is 0.407. The second-order valence-electron chi connectivity index (χ2n) is 8.50. The molecule has 2 amide bonds. The Morgan fingerprint density at radius 2 is 1.77 bits per heavy atom. The van der Waals surface area contributed by atoms with Crippen LogP contribution in [0, 0.1) is 23.0 Å². The summed E-state index contributed by atoms with van der Waals surface area (Å²) in [6.07, 6.45) is 2.19. The van der Waals surface area contributed by atoms with E-state index >= 15 is 0 Å². The van der Waals surface area contributed by atoms with Gasteiger partial charge in [0.1, 0.15) is 0 Å². The van der Waals surface area contributed by atoms with Gasteiger partial charge in [-0.25, -0.2) is 8.42 Å². The van der Waals surface area contributed by atoms with Crippen LogP contribution in [0.1, 0.15) is 28.8 Å². The van der Waals surface area contributed by atoms with Gasteiger partial charge in [0.15, 0.2) is 0 Å². The zero-order chi connectivity index (χ0) is 25.3. The molecule has 0 unspecified atom stereocenters. The molecule has 0 atom stereocenters. The molecule has 184 valence electrons. The number of hydrogen-bond donors (Lipinski definition) is 2. The Morgan fingerprint density at radius 3 is 2.46 bits per heavy atom. The van der Waals surface area contributed by atoms with E-state index < -0.39 is 32.7 Å². The van der Waals surface area contributed by atoms with E-state index in [-0.39, 0.29) is 36.5 Å². The number of nitro groups is 1. The molecule has 1 saturated heterocycles. The van der Waals surface area contributed by atoms with Crippen molar-refractivity contribution < 1.29 is 22.9 Å². The zero-order valence-electron chi connectivity index (χ0n) is 19.2. The molecule has 2 N–H and O–H groups in total. The fraction of sp³-hybridized carbons (Fsp3) is 0.304. The van der Waals surface area contributed by atoms with E-state index in [0.717, 1.165) is 17.0 Å². The van der Waals surface area contributed by atoms with Gasteiger partial charge in [0.05, 0.1) is 15.4 Å². The van der Waals surface area contributed by atoms with Crippen LogP contribution in [0.15, 0.2) is 53.6 Å². The fourth-order valence-electron chi connectivity index (χ4n) is 4.29. The van der Waals surface area contributed by atoms with Crippen LogP contribution in [-0.2, 0) is 21.9 Å². The van der Waals surface area contributed by atoms with Gasteiger partial charge in [-0.15, -0.1) is 0 Å². The number of nitro benzene ring substituents is 1. The van der Waals surface area contributed by atoms with Crippen molar-refractivity contribution in [1.29, 1.82) is 0 Å². The Labute approximate surface area is 201 Å². The average molecular weight is 500 g/mol. The van der Waals surface area contributed by atoms with Crippen LogP contribution in [0.4, 0.5) is 5.69 Å². The number of amides is 2. The third-order valence-electron chi connectivity index (χ3n) is 6.27. The number of hydrazine groups is 1. The molecule has 1 aromatic heterocycles. The number of nitrogens with zero attached hydrogens (tertiary/aromatic N) is 3. The number of non-ortho nitro benzene ring substituents is 1. The first-order valence-corrected chi connectivity index (χ1v) is 12.4. The van der Waals surface area contributed by atoms with Gasteiger partial charge in [-0.3, -0.25) is 30.6 Å². The fourth-order valence-corrected chi connectivity index (χ4v) is 6.00. The lowest BCUT2D eigenvalue weighted by atomic mass is 9.98.